The van der Waals surface area contributed by atoms with Gasteiger partial charge in [-0.1, -0.05) is 111 Å². The summed E-state index contributed by atoms with van der Waals surface area (Å²) in [5, 5.41) is 0. The molecule has 4 aromatic rings. The van der Waals surface area contributed by atoms with Crippen molar-refractivity contribution in [3.05, 3.63) is 214 Å². The molecule has 2 atom stereocenters. The van der Waals surface area contributed by atoms with Gasteiger partial charge in [0.05, 0.1) is 0 Å². The minimum Gasteiger partial charge on any atom is -1.00 e. The van der Waals surface area contributed by atoms with Crippen molar-refractivity contribution in [1.29, 1.82) is 0 Å². The van der Waals surface area contributed by atoms with Crippen LogP contribution in [0.5, 0.6) is 0 Å². The van der Waals surface area contributed by atoms with Gasteiger partial charge in [0.2, 0.25) is 0 Å². The topological polar surface area (TPSA) is 0 Å². The Kier molecular flexibility index (Phi) is 17.5. The Bertz CT molecular complexity index is 2100. The predicted molar refractivity (Wildman–Crippen MR) is 221 cm³/mol. The maximum atomic E-state index is 14.8. The summed E-state index contributed by atoms with van der Waals surface area (Å²) in [5.74, 6) is 0.0455. The van der Waals surface area contributed by atoms with Crippen molar-refractivity contribution in [3.63, 3.8) is 0 Å². The molecule has 0 spiro atoms. The fraction of sp³-hybridized carbons (Fsp3) is 0.200. The summed E-state index contributed by atoms with van der Waals surface area (Å²) in [5.41, 5.74) is 12.7. The maximum Gasteiger partial charge on any atom is -1.00 e. The predicted octanol–water partition coefficient (Wildman–Crippen LogP) is 7.88. The van der Waals surface area contributed by atoms with Crippen LogP contribution >= 0.6 is 0 Å². The number of allylic oxidation sites excluding steroid dienone is 16. The van der Waals surface area contributed by atoms with Gasteiger partial charge in [-0.05, 0) is 71.9 Å². The average molecular weight is 962 g/mol. The summed E-state index contributed by atoms with van der Waals surface area (Å²) in [6, 6.07) is 30.8. The quantitative estimate of drug-likeness (QED) is 0.137. The van der Waals surface area contributed by atoms with E-state index >= 15 is 0 Å². The third-order valence-corrected chi connectivity index (χ3v) is 9.89. The molecule has 0 aromatic heterocycles. The SMILES string of the molecule is CCC1=[C-]C2=CC=CCC(c3ccc(-c4ccccc4)c(F)c3)C2=C1.CCC1=[C-]C2=CC=CCC(c3ccc(-c4ccccc4)c(F)c3)C2=C1.C[Si](C)=[Hf+2].[Cl-].[Cl-]. The molecule has 0 saturated carbocycles. The molecule has 0 aliphatic heterocycles. The third-order valence-electron chi connectivity index (χ3n) is 9.89. The molecule has 4 aliphatic rings. The van der Waals surface area contributed by atoms with Crippen molar-refractivity contribution in [3.8, 4) is 22.3 Å². The summed E-state index contributed by atoms with van der Waals surface area (Å²) >= 11 is 1.45. The fourth-order valence-corrected chi connectivity index (χ4v) is 7.17. The van der Waals surface area contributed by atoms with Crippen molar-refractivity contribution in [1.82, 2.24) is 0 Å². The Labute approximate surface area is 360 Å². The van der Waals surface area contributed by atoms with Crippen LogP contribution in [-0.4, -0.2) is 5.49 Å². The molecule has 6 heteroatoms. The van der Waals surface area contributed by atoms with Gasteiger partial charge in [-0.15, -0.1) is 47.6 Å². The van der Waals surface area contributed by atoms with Gasteiger partial charge in [0, 0.05) is 11.1 Å². The summed E-state index contributed by atoms with van der Waals surface area (Å²) < 4.78 is 29.6. The molecular formula is C50H46Cl2F2HfSi-2. The Morgan fingerprint density at radius 1 is 0.607 bits per heavy atom. The van der Waals surface area contributed by atoms with E-state index < -0.39 is 0 Å². The Morgan fingerprint density at radius 2 is 0.982 bits per heavy atom. The summed E-state index contributed by atoms with van der Waals surface area (Å²) in [4.78, 5) is 0. The van der Waals surface area contributed by atoms with Crippen LogP contribution in [0.3, 0.4) is 0 Å². The zero-order valence-electron chi connectivity index (χ0n) is 32.4. The molecule has 0 nitrogen and oxygen atoms in total. The molecule has 56 heavy (non-hydrogen) atoms. The summed E-state index contributed by atoms with van der Waals surface area (Å²) in [6.07, 6.45) is 27.8. The second kappa shape index (κ2) is 21.7. The Balaban J connectivity index is 0.000000220. The number of fused-ring (bicyclic) bond motifs is 2. The molecule has 0 heterocycles. The largest absolute Gasteiger partial charge is 1.00 e. The van der Waals surface area contributed by atoms with Crippen LogP contribution in [0.4, 0.5) is 8.78 Å². The molecular weight excluding hydrogens is 916 g/mol. The van der Waals surface area contributed by atoms with Crippen LogP contribution in [0.2, 0.25) is 13.1 Å². The Morgan fingerprint density at radius 3 is 1.32 bits per heavy atom. The van der Waals surface area contributed by atoms with Crippen LogP contribution in [0.1, 0.15) is 62.5 Å². The number of hydrogen-bond donors (Lipinski definition) is 0. The molecule has 284 valence electrons. The smallest absolute Gasteiger partial charge is 1.00 e. The molecule has 0 fully saturated rings. The zero-order valence-corrected chi connectivity index (χ0v) is 38.5. The molecule has 0 N–H and O–H groups in total. The number of benzene rings is 4. The van der Waals surface area contributed by atoms with Crippen LogP contribution < -0.4 is 24.8 Å². The monoisotopic (exact) mass is 962 g/mol. The average Bonchev–Trinajstić information content (AvgIpc) is 3.66. The second-order valence-electron chi connectivity index (χ2n) is 14.0. The molecule has 0 amide bonds. The van der Waals surface area contributed by atoms with Crippen LogP contribution in [0.25, 0.3) is 22.3 Å². The van der Waals surface area contributed by atoms with E-state index in [2.05, 4.69) is 99.8 Å². The van der Waals surface area contributed by atoms with Crippen molar-refractivity contribution in [2.75, 3.05) is 0 Å². The van der Waals surface area contributed by atoms with Crippen molar-refractivity contribution in [2.45, 2.75) is 64.5 Å². The number of rotatable bonds is 6. The normalized spacial score (nSPS) is 17.4. The zero-order chi connectivity index (χ0) is 38.0. The van der Waals surface area contributed by atoms with Crippen molar-refractivity contribution in [2.24, 2.45) is 0 Å². The molecule has 2 unspecified atom stereocenters. The van der Waals surface area contributed by atoms with E-state index in [1.807, 2.05) is 72.8 Å². The van der Waals surface area contributed by atoms with Crippen LogP contribution in [0, 0.1) is 23.8 Å². The van der Waals surface area contributed by atoms with E-state index in [-0.39, 0.29) is 53.8 Å². The minimum atomic E-state index is -0.159. The first kappa shape index (κ1) is 45.0. The standard InChI is InChI=1S/2C24H20F.C2H6Si.2ClH.Hf/c2*1-2-17-14-19-10-6-7-11-21(23(19)15-17)20-12-13-22(24(25)16-20)18-8-4-3-5-9-18;1-3-2;;;/h2*3-10,12-13,15-16,21H,2,11H2,1H3;1-2H3;2*1H;/q2*-1;;;;+2/p-2. The van der Waals surface area contributed by atoms with Gasteiger partial charge in [-0.3, -0.25) is 0 Å². The molecule has 0 radical (unpaired) electrons. The van der Waals surface area contributed by atoms with Crippen molar-refractivity contribution < 1.29 is 56.6 Å². The van der Waals surface area contributed by atoms with E-state index in [1.54, 1.807) is 12.1 Å². The van der Waals surface area contributed by atoms with Gasteiger partial charge in [0.15, 0.2) is 0 Å². The fourth-order valence-electron chi connectivity index (χ4n) is 7.17. The van der Waals surface area contributed by atoms with Gasteiger partial charge in [-0.2, -0.15) is 34.4 Å². The molecule has 8 rings (SSSR count). The molecule has 0 saturated heterocycles. The first-order valence-corrected chi connectivity index (χ1v) is 26.8. The van der Waals surface area contributed by atoms with Gasteiger partial charge in [0.25, 0.3) is 0 Å². The number of hydrogen-bond acceptors (Lipinski definition) is 0. The van der Waals surface area contributed by atoms with E-state index in [1.165, 1.54) is 45.3 Å². The Hall–Kier alpha value is -3.67. The van der Waals surface area contributed by atoms with E-state index in [9.17, 15) is 8.78 Å². The van der Waals surface area contributed by atoms with Gasteiger partial charge in [0.1, 0.15) is 11.6 Å². The molecule has 0 bridgehead atoms. The first-order chi connectivity index (χ1) is 26.2. The van der Waals surface area contributed by atoms with E-state index in [0.29, 0.717) is 11.1 Å². The molecule has 4 aromatic carbocycles. The van der Waals surface area contributed by atoms with Gasteiger partial charge in [-0.25, -0.2) is 8.78 Å². The van der Waals surface area contributed by atoms with E-state index in [0.717, 1.165) is 59.1 Å². The van der Waals surface area contributed by atoms with Crippen LogP contribution in [0.15, 0.2) is 179 Å². The molecule has 4 aliphatic carbocycles. The van der Waals surface area contributed by atoms with E-state index in [4.69, 9.17) is 0 Å². The summed E-state index contributed by atoms with van der Waals surface area (Å²) in [6.45, 7) is 8.95. The van der Waals surface area contributed by atoms with Crippen molar-refractivity contribution >= 4 is 5.49 Å². The van der Waals surface area contributed by atoms with Gasteiger partial charge >= 0.3 is 41.6 Å². The second-order valence-corrected chi connectivity index (χ2v) is 26.8. The van der Waals surface area contributed by atoms with Gasteiger partial charge < -0.3 is 24.8 Å². The maximum absolute atomic E-state index is 14.8. The first-order valence-electron chi connectivity index (χ1n) is 18.9. The third kappa shape index (κ3) is 11.3. The minimum absolute atomic E-state index is 0. The summed E-state index contributed by atoms with van der Waals surface area (Å²) in [7, 11) is 0. The van der Waals surface area contributed by atoms with Crippen LogP contribution in [-0.2, 0) is 23.0 Å². The number of halogens is 4.